The lowest BCUT2D eigenvalue weighted by Crippen LogP contribution is -2.39. The number of carbonyl (C=O) groups is 1. The maximum Gasteiger partial charge on any atom is 0.255 e. The number of nitrogens with zero attached hydrogens (tertiary/aromatic N) is 3. The predicted octanol–water partition coefficient (Wildman–Crippen LogP) is 4.87. The van der Waals surface area contributed by atoms with E-state index in [1.165, 1.54) is 30.7 Å². The molecule has 1 amide bonds. The predicted molar refractivity (Wildman–Crippen MR) is 100 cm³/mol. The maximum absolute atomic E-state index is 12.8. The molecule has 2 heterocycles. The third-order valence-corrected chi connectivity index (χ3v) is 6.90. The van der Waals surface area contributed by atoms with Crippen molar-refractivity contribution in [2.75, 3.05) is 13.1 Å². The van der Waals surface area contributed by atoms with Crippen molar-refractivity contribution in [3.05, 3.63) is 44.9 Å². The number of amides is 1. The topological polar surface area (TPSA) is 46.1 Å². The van der Waals surface area contributed by atoms with Crippen molar-refractivity contribution < 1.29 is 4.79 Å². The molecule has 1 aromatic heterocycles. The van der Waals surface area contributed by atoms with Crippen molar-refractivity contribution in [1.29, 1.82) is 0 Å². The van der Waals surface area contributed by atoms with E-state index >= 15 is 0 Å². The fourth-order valence-corrected chi connectivity index (χ4v) is 5.27. The van der Waals surface area contributed by atoms with E-state index in [-0.39, 0.29) is 5.91 Å². The Bertz CT molecular complexity index is 757. The first-order valence-electron chi connectivity index (χ1n) is 9.09. The van der Waals surface area contributed by atoms with Gasteiger partial charge in [-0.25, -0.2) is 0 Å². The Labute approximate surface area is 157 Å². The van der Waals surface area contributed by atoms with Crippen LogP contribution in [0.25, 0.3) is 0 Å². The van der Waals surface area contributed by atoms with Crippen LogP contribution in [0.15, 0.2) is 24.3 Å². The Kier molecular flexibility index (Phi) is 5.04. The third kappa shape index (κ3) is 3.58. The highest BCUT2D eigenvalue weighted by Gasteiger charge is 2.29. The van der Waals surface area contributed by atoms with Crippen LogP contribution in [0, 0.1) is 0 Å². The second-order valence-electron chi connectivity index (χ2n) is 7.03. The summed E-state index contributed by atoms with van der Waals surface area (Å²) in [4.78, 5) is 14.7. The van der Waals surface area contributed by atoms with E-state index in [0.29, 0.717) is 29.0 Å². The lowest BCUT2D eigenvalue weighted by molar-refractivity contribution is 0.0707. The van der Waals surface area contributed by atoms with Crippen LogP contribution in [0.4, 0.5) is 0 Å². The molecule has 4 nitrogen and oxygen atoms in total. The zero-order valence-electron chi connectivity index (χ0n) is 14.2. The van der Waals surface area contributed by atoms with E-state index in [1.807, 2.05) is 17.0 Å². The first kappa shape index (κ1) is 17.0. The Balaban J connectivity index is 1.47. The summed E-state index contributed by atoms with van der Waals surface area (Å²) < 4.78 is 0. The summed E-state index contributed by atoms with van der Waals surface area (Å²) in [5.74, 6) is 0.930. The minimum Gasteiger partial charge on any atom is -0.338 e. The molecular weight excluding hydrogens is 354 g/mol. The molecule has 1 saturated carbocycles. The number of aromatic nitrogens is 2. The van der Waals surface area contributed by atoms with Crippen molar-refractivity contribution in [2.45, 2.75) is 50.4 Å². The summed E-state index contributed by atoms with van der Waals surface area (Å²) in [6, 6.07) is 7.29. The van der Waals surface area contributed by atoms with Crippen molar-refractivity contribution in [2.24, 2.45) is 0 Å². The van der Waals surface area contributed by atoms with Crippen LogP contribution < -0.4 is 0 Å². The smallest absolute Gasteiger partial charge is 0.255 e. The maximum atomic E-state index is 12.8. The molecule has 0 N–H and O–H groups in total. The molecular formula is C19H22ClN3OS. The fraction of sp³-hybridized carbons (Fsp3) is 0.526. The highest BCUT2D eigenvalue weighted by Crippen LogP contribution is 2.38. The van der Waals surface area contributed by atoms with Crippen LogP contribution in [0.1, 0.15) is 70.7 Å². The average molecular weight is 376 g/mol. The van der Waals surface area contributed by atoms with E-state index in [4.69, 9.17) is 11.6 Å². The van der Waals surface area contributed by atoms with Gasteiger partial charge in [0.15, 0.2) is 0 Å². The second-order valence-corrected chi connectivity index (χ2v) is 8.48. The number of benzene rings is 1. The first-order chi connectivity index (χ1) is 12.2. The summed E-state index contributed by atoms with van der Waals surface area (Å²) in [5.41, 5.74) is 0.591. The number of hydrogen-bond acceptors (Lipinski definition) is 4. The van der Waals surface area contributed by atoms with Crippen LogP contribution in [0.5, 0.6) is 0 Å². The SMILES string of the molecule is O=C(c1ccccc1Cl)N1CCCC(c2nnc(C3CCCC3)s2)C1. The van der Waals surface area contributed by atoms with Gasteiger partial charge in [-0.1, -0.05) is 36.6 Å². The molecule has 0 bridgehead atoms. The zero-order valence-corrected chi connectivity index (χ0v) is 15.7. The van der Waals surface area contributed by atoms with E-state index in [0.717, 1.165) is 24.4 Å². The number of rotatable bonds is 3. The van der Waals surface area contributed by atoms with E-state index < -0.39 is 0 Å². The van der Waals surface area contributed by atoms with Gasteiger partial charge in [-0.3, -0.25) is 4.79 Å². The number of piperidine rings is 1. The monoisotopic (exact) mass is 375 g/mol. The van der Waals surface area contributed by atoms with E-state index in [2.05, 4.69) is 10.2 Å². The molecule has 25 heavy (non-hydrogen) atoms. The molecule has 1 aliphatic carbocycles. The van der Waals surface area contributed by atoms with Crippen LogP contribution >= 0.6 is 22.9 Å². The van der Waals surface area contributed by atoms with Crippen molar-refractivity contribution in [3.8, 4) is 0 Å². The molecule has 0 spiro atoms. The Morgan fingerprint density at radius 2 is 1.72 bits per heavy atom. The van der Waals surface area contributed by atoms with Crippen molar-refractivity contribution >= 4 is 28.8 Å². The molecule has 2 fully saturated rings. The first-order valence-corrected chi connectivity index (χ1v) is 10.3. The minimum absolute atomic E-state index is 0.0239. The molecule has 132 valence electrons. The van der Waals surface area contributed by atoms with Gasteiger partial charge in [0.1, 0.15) is 10.0 Å². The summed E-state index contributed by atoms with van der Waals surface area (Å²) in [6.07, 6.45) is 7.18. The van der Waals surface area contributed by atoms with Gasteiger partial charge in [-0.15, -0.1) is 21.5 Å². The molecule has 1 unspecified atom stereocenters. The quantitative estimate of drug-likeness (QED) is 0.768. The number of hydrogen-bond donors (Lipinski definition) is 0. The molecule has 2 aliphatic rings. The zero-order chi connectivity index (χ0) is 17.2. The summed E-state index contributed by atoms with van der Waals surface area (Å²) in [7, 11) is 0. The van der Waals surface area contributed by atoms with Gasteiger partial charge >= 0.3 is 0 Å². The summed E-state index contributed by atoms with van der Waals surface area (Å²) in [5, 5.41) is 11.7. The van der Waals surface area contributed by atoms with E-state index in [1.54, 1.807) is 23.5 Å². The van der Waals surface area contributed by atoms with Gasteiger partial charge in [0, 0.05) is 24.9 Å². The van der Waals surface area contributed by atoms with Crippen LogP contribution in [-0.4, -0.2) is 34.1 Å². The van der Waals surface area contributed by atoms with Gasteiger partial charge in [-0.05, 0) is 37.8 Å². The lowest BCUT2D eigenvalue weighted by atomic mass is 9.98. The highest BCUT2D eigenvalue weighted by molar-refractivity contribution is 7.11. The molecule has 4 rings (SSSR count). The Morgan fingerprint density at radius 1 is 1.04 bits per heavy atom. The van der Waals surface area contributed by atoms with Crippen molar-refractivity contribution in [3.63, 3.8) is 0 Å². The minimum atomic E-state index is 0.0239. The lowest BCUT2D eigenvalue weighted by Gasteiger charge is -2.31. The Morgan fingerprint density at radius 3 is 2.48 bits per heavy atom. The van der Waals surface area contributed by atoms with Gasteiger partial charge in [0.05, 0.1) is 10.6 Å². The fourth-order valence-electron chi connectivity index (χ4n) is 3.92. The summed E-state index contributed by atoms with van der Waals surface area (Å²) >= 11 is 7.96. The van der Waals surface area contributed by atoms with Crippen LogP contribution in [0.3, 0.4) is 0 Å². The van der Waals surface area contributed by atoms with Crippen LogP contribution in [-0.2, 0) is 0 Å². The van der Waals surface area contributed by atoms with Gasteiger partial charge in [0.2, 0.25) is 0 Å². The molecule has 1 atom stereocenters. The standard InChI is InChI=1S/C19H22ClN3OS/c20-16-10-4-3-9-15(16)19(24)23-11-5-8-14(12-23)18-22-21-17(25-18)13-6-1-2-7-13/h3-4,9-10,13-14H,1-2,5-8,11-12H2. The third-order valence-electron chi connectivity index (χ3n) is 5.32. The number of likely N-dealkylation sites (tertiary alicyclic amines) is 1. The second kappa shape index (κ2) is 7.42. The van der Waals surface area contributed by atoms with Gasteiger partial charge in [-0.2, -0.15) is 0 Å². The largest absolute Gasteiger partial charge is 0.338 e. The molecule has 1 aliphatic heterocycles. The molecule has 1 saturated heterocycles. The van der Waals surface area contributed by atoms with E-state index in [9.17, 15) is 4.79 Å². The Hall–Kier alpha value is -1.46. The number of carbonyl (C=O) groups excluding carboxylic acids is 1. The molecule has 2 aromatic rings. The molecule has 1 aromatic carbocycles. The highest BCUT2D eigenvalue weighted by atomic mass is 35.5. The van der Waals surface area contributed by atoms with Gasteiger partial charge < -0.3 is 4.90 Å². The molecule has 0 radical (unpaired) electrons. The van der Waals surface area contributed by atoms with Crippen LogP contribution in [0.2, 0.25) is 5.02 Å². The molecule has 6 heteroatoms. The van der Waals surface area contributed by atoms with Gasteiger partial charge in [0.25, 0.3) is 5.91 Å². The van der Waals surface area contributed by atoms with Crippen molar-refractivity contribution in [1.82, 2.24) is 15.1 Å². The average Bonchev–Trinajstić information content (AvgIpc) is 3.33. The summed E-state index contributed by atoms with van der Waals surface area (Å²) in [6.45, 7) is 1.50. The number of halogens is 1. The normalized spacial score (nSPS) is 21.6.